The fourth-order valence-corrected chi connectivity index (χ4v) is 3.28. The molecule has 2 aromatic rings. The molecule has 1 unspecified atom stereocenters. The van der Waals surface area contributed by atoms with Crippen molar-refractivity contribution < 1.29 is 14.3 Å². The van der Waals surface area contributed by atoms with Crippen LogP contribution in [0.2, 0.25) is 15.1 Å². The van der Waals surface area contributed by atoms with Gasteiger partial charge in [-0.15, -0.1) is 0 Å². The highest BCUT2D eigenvalue weighted by Crippen LogP contribution is 2.38. The van der Waals surface area contributed by atoms with Crippen molar-refractivity contribution >= 4 is 58.4 Å². The monoisotopic (exact) mass is 396 g/mol. The number of ether oxygens (including phenoxy) is 1. The van der Waals surface area contributed by atoms with Crippen molar-refractivity contribution in [2.75, 3.05) is 5.01 Å². The maximum Gasteiger partial charge on any atom is 0.295 e. The predicted molar refractivity (Wildman–Crippen MR) is 98.1 cm³/mol. The third-order valence-corrected chi connectivity index (χ3v) is 4.30. The number of amides is 1. The first kappa shape index (κ1) is 17.7. The molecule has 0 aliphatic carbocycles. The lowest BCUT2D eigenvalue weighted by atomic mass is 10.2. The van der Waals surface area contributed by atoms with Crippen LogP contribution in [0.25, 0.3) is 0 Å². The number of benzene rings is 2. The molecule has 1 amide bonds. The van der Waals surface area contributed by atoms with E-state index in [-0.39, 0.29) is 21.4 Å². The minimum atomic E-state index is -1.18. The molecule has 1 atom stereocenters. The van der Waals surface area contributed by atoms with Gasteiger partial charge in [-0.05, 0) is 31.2 Å². The molecular formula is C17H11Cl3N2O3. The van der Waals surface area contributed by atoms with Gasteiger partial charge in [0.05, 0.1) is 10.0 Å². The summed E-state index contributed by atoms with van der Waals surface area (Å²) in [6.45, 7) is 1.93. The summed E-state index contributed by atoms with van der Waals surface area (Å²) in [5.41, 5.74) is 1.11. The van der Waals surface area contributed by atoms with Gasteiger partial charge in [0.15, 0.2) is 12.0 Å². The van der Waals surface area contributed by atoms with Gasteiger partial charge in [0, 0.05) is 5.02 Å². The van der Waals surface area contributed by atoms with Crippen molar-refractivity contribution in [3.8, 4) is 5.75 Å². The number of anilines is 1. The molecule has 0 fully saturated rings. The SMILES string of the molecule is Cc1ccc(OC2C(=O)N(c3c(Cl)cc(Cl)cc3Cl)N=C2C=O)cc1. The molecule has 128 valence electrons. The zero-order valence-corrected chi connectivity index (χ0v) is 15.1. The fourth-order valence-electron chi connectivity index (χ4n) is 2.30. The molecule has 0 bridgehead atoms. The van der Waals surface area contributed by atoms with Crippen LogP contribution in [0.15, 0.2) is 41.5 Å². The number of carbonyl (C=O) groups is 2. The van der Waals surface area contributed by atoms with Crippen LogP contribution in [-0.4, -0.2) is 24.0 Å². The lowest BCUT2D eigenvalue weighted by Gasteiger charge is -2.17. The number of aryl methyl sites for hydroxylation is 1. The Labute approximate surface area is 158 Å². The Morgan fingerprint density at radius 2 is 1.72 bits per heavy atom. The van der Waals surface area contributed by atoms with E-state index < -0.39 is 12.0 Å². The van der Waals surface area contributed by atoms with Crippen LogP contribution >= 0.6 is 34.8 Å². The smallest absolute Gasteiger partial charge is 0.295 e. The highest BCUT2D eigenvalue weighted by molar-refractivity contribution is 6.44. The van der Waals surface area contributed by atoms with E-state index in [1.165, 1.54) is 12.1 Å². The Balaban J connectivity index is 1.95. The van der Waals surface area contributed by atoms with Crippen molar-refractivity contribution in [1.29, 1.82) is 0 Å². The second-order valence-corrected chi connectivity index (χ2v) is 6.57. The molecule has 0 N–H and O–H groups in total. The average Bonchev–Trinajstić information content (AvgIpc) is 2.85. The number of rotatable bonds is 4. The van der Waals surface area contributed by atoms with Crippen molar-refractivity contribution in [2.24, 2.45) is 5.10 Å². The highest BCUT2D eigenvalue weighted by Gasteiger charge is 2.40. The van der Waals surface area contributed by atoms with E-state index in [1.54, 1.807) is 12.1 Å². The Hall–Kier alpha value is -2.08. The molecule has 8 heteroatoms. The van der Waals surface area contributed by atoms with E-state index in [2.05, 4.69) is 5.10 Å². The summed E-state index contributed by atoms with van der Waals surface area (Å²) in [4.78, 5) is 24.0. The standard InChI is InChI=1S/C17H11Cl3N2O3/c1-9-2-4-11(5-3-9)25-16-14(8-23)21-22(17(16)24)15-12(19)6-10(18)7-13(15)20/h2-8,16H,1H3. The largest absolute Gasteiger partial charge is 0.474 e. The summed E-state index contributed by atoms with van der Waals surface area (Å²) in [7, 11) is 0. The van der Waals surface area contributed by atoms with Gasteiger partial charge in [-0.3, -0.25) is 9.59 Å². The van der Waals surface area contributed by atoms with Crippen LogP contribution in [0.1, 0.15) is 5.56 Å². The van der Waals surface area contributed by atoms with Crippen molar-refractivity contribution in [3.05, 3.63) is 57.0 Å². The summed E-state index contributed by atoms with van der Waals surface area (Å²) in [5.74, 6) is -0.137. The third kappa shape index (κ3) is 3.49. The van der Waals surface area contributed by atoms with Gasteiger partial charge in [-0.2, -0.15) is 10.1 Å². The predicted octanol–water partition coefficient (Wildman–Crippen LogP) is 4.30. The van der Waals surface area contributed by atoms with Gasteiger partial charge in [0.1, 0.15) is 11.4 Å². The first-order valence-corrected chi connectivity index (χ1v) is 8.29. The van der Waals surface area contributed by atoms with Crippen molar-refractivity contribution in [3.63, 3.8) is 0 Å². The summed E-state index contributed by atoms with van der Waals surface area (Å²) in [6, 6.07) is 9.93. The Kier molecular flexibility index (Phi) is 4.99. The number of halogens is 3. The molecule has 0 radical (unpaired) electrons. The minimum Gasteiger partial charge on any atom is -0.474 e. The van der Waals surface area contributed by atoms with Crippen LogP contribution in [0.4, 0.5) is 5.69 Å². The molecule has 1 aliphatic rings. The van der Waals surface area contributed by atoms with E-state index in [9.17, 15) is 9.59 Å². The molecule has 0 spiro atoms. The van der Waals surface area contributed by atoms with Gasteiger partial charge < -0.3 is 4.74 Å². The molecule has 3 rings (SSSR count). The Bertz CT molecular complexity index is 858. The summed E-state index contributed by atoms with van der Waals surface area (Å²) in [6.07, 6.45) is -0.711. The third-order valence-electron chi connectivity index (χ3n) is 3.51. The molecule has 1 aliphatic heterocycles. The topological polar surface area (TPSA) is 59.0 Å². The van der Waals surface area contributed by atoms with Crippen LogP contribution in [-0.2, 0) is 9.59 Å². The number of carbonyl (C=O) groups excluding carboxylic acids is 2. The number of hydrazone groups is 1. The maximum absolute atomic E-state index is 12.7. The van der Waals surface area contributed by atoms with E-state index in [4.69, 9.17) is 39.5 Å². The molecular weight excluding hydrogens is 387 g/mol. The molecule has 2 aromatic carbocycles. The molecule has 0 saturated heterocycles. The minimum absolute atomic E-state index is 0.0762. The van der Waals surface area contributed by atoms with Crippen molar-refractivity contribution in [1.82, 2.24) is 0 Å². The number of hydrogen-bond donors (Lipinski definition) is 0. The molecule has 25 heavy (non-hydrogen) atoms. The van der Waals surface area contributed by atoms with Gasteiger partial charge in [0.25, 0.3) is 5.91 Å². The first-order valence-electron chi connectivity index (χ1n) is 7.16. The number of aldehydes is 1. The van der Waals surface area contributed by atoms with Gasteiger partial charge in [-0.1, -0.05) is 52.5 Å². The second kappa shape index (κ2) is 7.04. The highest BCUT2D eigenvalue weighted by atomic mass is 35.5. The van der Waals surface area contributed by atoms with E-state index >= 15 is 0 Å². The number of nitrogens with zero attached hydrogens (tertiary/aromatic N) is 2. The zero-order chi connectivity index (χ0) is 18.1. The van der Waals surface area contributed by atoms with Crippen LogP contribution in [0, 0.1) is 6.92 Å². The maximum atomic E-state index is 12.7. The van der Waals surface area contributed by atoms with Gasteiger partial charge >= 0.3 is 0 Å². The quantitative estimate of drug-likeness (QED) is 0.723. The molecule has 1 heterocycles. The molecule has 0 saturated carbocycles. The van der Waals surface area contributed by atoms with Crippen molar-refractivity contribution in [2.45, 2.75) is 13.0 Å². The normalized spacial score (nSPS) is 16.8. The molecule has 0 aromatic heterocycles. The van der Waals surface area contributed by atoms with E-state index in [0.717, 1.165) is 10.6 Å². The van der Waals surface area contributed by atoms with Crippen LogP contribution in [0.5, 0.6) is 5.75 Å². The second-order valence-electron chi connectivity index (χ2n) is 5.32. The van der Waals surface area contributed by atoms with E-state index in [0.29, 0.717) is 17.1 Å². The number of hydrogen-bond acceptors (Lipinski definition) is 4. The fraction of sp³-hybridized carbons (Fsp3) is 0.118. The Morgan fingerprint density at radius 3 is 2.28 bits per heavy atom. The summed E-state index contributed by atoms with van der Waals surface area (Å²) < 4.78 is 5.64. The van der Waals surface area contributed by atoms with Gasteiger partial charge in [-0.25, -0.2) is 0 Å². The first-order chi connectivity index (χ1) is 11.9. The lowest BCUT2D eigenvalue weighted by Crippen LogP contribution is -2.37. The van der Waals surface area contributed by atoms with E-state index in [1.807, 2.05) is 19.1 Å². The average molecular weight is 398 g/mol. The van der Waals surface area contributed by atoms with Gasteiger partial charge in [0.2, 0.25) is 6.10 Å². The molecule has 5 nitrogen and oxygen atoms in total. The summed E-state index contributed by atoms with van der Waals surface area (Å²) >= 11 is 18.2. The zero-order valence-electron chi connectivity index (χ0n) is 12.9. The Morgan fingerprint density at radius 1 is 1.12 bits per heavy atom. The van der Waals surface area contributed by atoms with Crippen LogP contribution < -0.4 is 9.75 Å². The summed E-state index contributed by atoms with van der Waals surface area (Å²) in [5, 5.41) is 5.55. The van der Waals surface area contributed by atoms with Crippen LogP contribution in [0.3, 0.4) is 0 Å². The lowest BCUT2D eigenvalue weighted by molar-refractivity contribution is -0.122.